The lowest BCUT2D eigenvalue weighted by atomic mass is 10.2. The quantitative estimate of drug-likeness (QED) is 0.810. The number of nitrogens with one attached hydrogen (secondary N) is 1. The van der Waals surface area contributed by atoms with Crippen molar-refractivity contribution < 1.29 is 0 Å². The minimum Gasteiger partial charge on any atom is -0.339 e. The smallest absolute Gasteiger partial charge is 0.141 e. The van der Waals surface area contributed by atoms with Crippen LogP contribution in [0.4, 0.5) is 0 Å². The van der Waals surface area contributed by atoms with Gasteiger partial charge in [-0.1, -0.05) is 6.92 Å². The summed E-state index contributed by atoms with van der Waals surface area (Å²) in [5.74, 6) is 0.831. The number of nitrogens with two attached hydrogens (primary N) is 1. The van der Waals surface area contributed by atoms with Crippen molar-refractivity contribution in [3.8, 4) is 10.7 Å². The maximum Gasteiger partial charge on any atom is 0.141 e. The van der Waals surface area contributed by atoms with Crippen LogP contribution in [0, 0.1) is 0 Å². The highest BCUT2D eigenvalue weighted by atomic mass is 32.1. The highest BCUT2D eigenvalue weighted by Crippen LogP contribution is 2.21. The van der Waals surface area contributed by atoms with Crippen molar-refractivity contribution in [2.75, 3.05) is 0 Å². The molecule has 2 heterocycles. The van der Waals surface area contributed by atoms with Gasteiger partial charge in [0.1, 0.15) is 10.8 Å². The molecule has 0 fully saturated rings. The highest BCUT2D eigenvalue weighted by Gasteiger charge is 2.09. The van der Waals surface area contributed by atoms with Gasteiger partial charge in [0, 0.05) is 11.6 Å². The van der Waals surface area contributed by atoms with Gasteiger partial charge < -0.3 is 10.7 Å². The average Bonchev–Trinajstić information content (AvgIpc) is 2.86. The number of rotatable bonds is 3. The maximum absolute atomic E-state index is 5.85. The second-order valence-corrected chi connectivity index (χ2v) is 3.93. The number of imidazole rings is 1. The van der Waals surface area contributed by atoms with Crippen LogP contribution in [-0.2, 0) is 0 Å². The third-order valence-corrected chi connectivity index (χ3v) is 2.86. The van der Waals surface area contributed by atoms with Crippen molar-refractivity contribution in [2.45, 2.75) is 19.4 Å². The summed E-state index contributed by atoms with van der Waals surface area (Å²) >= 11 is 1.59. The van der Waals surface area contributed by atoms with Crippen LogP contribution in [0.3, 0.4) is 0 Å². The minimum absolute atomic E-state index is 0.0105. The van der Waals surface area contributed by atoms with E-state index in [0.29, 0.717) is 0 Å². The fraction of sp³-hybridized carbons (Fsp3) is 0.333. The SMILES string of the molecule is CCC(N)c1ncc(-c2nccs2)[nH]1. The highest BCUT2D eigenvalue weighted by molar-refractivity contribution is 7.13. The Morgan fingerprint density at radius 3 is 3.07 bits per heavy atom. The fourth-order valence-electron chi connectivity index (χ4n) is 1.18. The Labute approximate surface area is 86.2 Å². The van der Waals surface area contributed by atoms with Gasteiger partial charge in [-0.15, -0.1) is 11.3 Å². The van der Waals surface area contributed by atoms with E-state index in [4.69, 9.17) is 5.73 Å². The minimum atomic E-state index is -0.0105. The van der Waals surface area contributed by atoms with Crippen LogP contribution >= 0.6 is 11.3 Å². The Bertz CT molecular complexity index is 393. The number of aromatic nitrogens is 3. The van der Waals surface area contributed by atoms with Crippen molar-refractivity contribution in [1.29, 1.82) is 0 Å². The van der Waals surface area contributed by atoms with Crippen molar-refractivity contribution in [1.82, 2.24) is 15.0 Å². The lowest BCUT2D eigenvalue weighted by molar-refractivity contribution is 0.658. The van der Waals surface area contributed by atoms with Crippen molar-refractivity contribution in [2.24, 2.45) is 5.73 Å². The van der Waals surface area contributed by atoms with Crippen LogP contribution in [0.5, 0.6) is 0 Å². The summed E-state index contributed by atoms with van der Waals surface area (Å²) in [4.78, 5) is 11.6. The van der Waals surface area contributed by atoms with Gasteiger partial charge in [0.25, 0.3) is 0 Å². The Morgan fingerprint density at radius 1 is 1.57 bits per heavy atom. The molecule has 2 aromatic rings. The van der Waals surface area contributed by atoms with E-state index in [9.17, 15) is 0 Å². The molecule has 14 heavy (non-hydrogen) atoms. The molecule has 0 saturated carbocycles. The molecule has 0 aromatic carbocycles. The molecule has 0 bridgehead atoms. The predicted molar refractivity (Wildman–Crippen MR) is 56.9 cm³/mol. The van der Waals surface area contributed by atoms with Crippen LogP contribution in [0.15, 0.2) is 17.8 Å². The van der Waals surface area contributed by atoms with Gasteiger partial charge in [0.2, 0.25) is 0 Å². The standard InChI is InChI=1S/C9H12N4S/c1-2-6(10)8-12-5-7(13-8)9-11-3-4-14-9/h3-6H,2,10H2,1H3,(H,12,13). The van der Waals surface area contributed by atoms with Crippen LogP contribution in [-0.4, -0.2) is 15.0 Å². The number of hydrogen-bond donors (Lipinski definition) is 2. The van der Waals surface area contributed by atoms with E-state index in [1.54, 1.807) is 23.7 Å². The monoisotopic (exact) mass is 208 g/mol. The van der Waals surface area contributed by atoms with Gasteiger partial charge in [0.05, 0.1) is 17.9 Å². The topological polar surface area (TPSA) is 67.6 Å². The number of H-pyrrole nitrogens is 1. The van der Waals surface area contributed by atoms with E-state index in [1.165, 1.54) is 0 Å². The number of nitrogens with zero attached hydrogens (tertiary/aromatic N) is 2. The van der Waals surface area contributed by atoms with Crippen molar-refractivity contribution in [3.05, 3.63) is 23.6 Å². The molecule has 1 unspecified atom stereocenters. The lowest BCUT2D eigenvalue weighted by Gasteiger charge is -2.02. The molecule has 2 rings (SSSR count). The van der Waals surface area contributed by atoms with Crippen LogP contribution in [0.1, 0.15) is 25.2 Å². The lowest BCUT2D eigenvalue weighted by Crippen LogP contribution is -2.10. The van der Waals surface area contributed by atoms with E-state index in [2.05, 4.69) is 15.0 Å². The van der Waals surface area contributed by atoms with Gasteiger partial charge in [-0.05, 0) is 6.42 Å². The molecule has 2 aromatic heterocycles. The number of thiazole rings is 1. The molecule has 0 saturated heterocycles. The van der Waals surface area contributed by atoms with Gasteiger partial charge >= 0.3 is 0 Å². The second kappa shape index (κ2) is 3.89. The third-order valence-electron chi connectivity index (χ3n) is 2.05. The molecule has 0 aliphatic carbocycles. The third kappa shape index (κ3) is 1.69. The summed E-state index contributed by atoms with van der Waals surface area (Å²) in [6.45, 7) is 2.04. The number of aromatic amines is 1. The van der Waals surface area contributed by atoms with E-state index in [1.807, 2.05) is 12.3 Å². The first-order valence-corrected chi connectivity index (χ1v) is 5.39. The van der Waals surface area contributed by atoms with Crippen molar-refractivity contribution in [3.63, 3.8) is 0 Å². The number of hydrogen-bond acceptors (Lipinski definition) is 4. The molecular formula is C9H12N4S. The summed E-state index contributed by atoms with van der Waals surface area (Å²) < 4.78 is 0. The normalized spacial score (nSPS) is 13.0. The van der Waals surface area contributed by atoms with Gasteiger partial charge in [-0.3, -0.25) is 0 Å². The maximum atomic E-state index is 5.85. The Morgan fingerprint density at radius 2 is 2.43 bits per heavy atom. The summed E-state index contributed by atoms with van der Waals surface area (Å²) in [5, 5.41) is 2.89. The second-order valence-electron chi connectivity index (χ2n) is 3.03. The zero-order valence-corrected chi connectivity index (χ0v) is 8.71. The van der Waals surface area contributed by atoms with Crippen molar-refractivity contribution >= 4 is 11.3 Å². The molecule has 0 radical (unpaired) electrons. The van der Waals surface area contributed by atoms with Gasteiger partial charge in [0.15, 0.2) is 0 Å². The first kappa shape index (κ1) is 9.36. The Kier molecular flexibility index (Phi) is 2.60. The zero-order chi connectivity index (χ0) is 9.97. The van der Waals surface area contributed by atoms with E-state index < -0.39 is 0 Å². The Balaban J connectivity index is 2.26. The summed E-state index contributed by atoms with van der Waals surface area (Å²) in [7, 11) is 0. The molecule has 0 amide bonds. The summed E-state index contributed by atoms with van der Waals surface area (Å²) in [6.07, 6.45) is 4.44. The molecule has 74 valence electrons. The van der Waals surface area contributed by atoms with E-state index in [0.717, 1.165) is 22.9 Å². The molecule has 3 N–H and O–H groups in total. The van der Waals surface area contributed by atoms with Gasteiger partial charge in [-0.2, -0.15) is 0 Å². The largest absolute Gasteiger partial charge is 0.339 e. The fourth-order valence-corrected chi connectivity index (χ4v) is 1.79. The first-order chi connectivity index (χ1) is 6.81. The molecule has 4 nitrogen and oxygen atoms in total. The summed E-state index contributed by atoms with van der Waals surface area (Å²) in [5.41, 5.74) is 6.79. The molecule has 1 atom stereocenters. The predicted octanol–water partition coefficient (Wildman–Crippen LogP) is 1.94. The molecular weight excluding hydrogens is 196 g/mol. The molecule has 0 aliphatic rings. The first-order valence-electron chi connectivity index (χ1n) is 4.51. The van der Waals surface area contributed by atoms with Crippen LogP contribution in [0.2, 0.25) is 0 Å². The van der Waals surface area contributed by atoms with Crippen LogP contribution < -0.4 is 5.73 Å². The average molecular weight is 208 g/mol. The van der Waals surface area contributed by atoms with Crippen LogP contribution in [0.25, 0.3) is 10.7 Å². The molecule has 0 spiro atoms. The zero-order valence-electron chi connectivity index (χ0n) is 7.90. The molecule has 0 aliphatic heterocycles. The van der Waals surface area contributed by atoms with E-state index >= 15 is 0 Å². The molecule has 5 heteroatoms. The summed E-state index contributed by atoms with van der Waals surface area (Å²) in [6, 6.07) is -0.0105. The van der Waals surface area contributed by atoms with Gasteiger partial charge in [-0.25, -0.2) is 9.97 Å². The Hall–Kier alpha value is -1.20. The van der Waals surface area contributed by atoms with E-state index in [-0.39, 0.29) is 6.04 Å².